The molecule has 1 fully saturated rings. The van der Waals surface area contributed by atoms with Crippen LogP contribution in [0.4, 0.5) is 4.79 Å². The highest BCUT2D eigenvalue weighted by Crippen LogP contribution is 2.27. The Morgan fingerprint density at radius 1 is 1.00 bits per heavy atom. The lowest BCUT2D eigenvalue weighted by Gasteiger charge is -2.48. The van der Waals surface area contributed by atoms with Crippen molar-refractivity contribution >= 4 is 17.6 Å². The third-order valence-electron chi connectivity index (χ3n) is 7.48. The molecule has 1 aliphatic rings. The number of benzene rings is 3. The van der Waals surface area contributed by atoms with Crippen molar-refractivity contribution < 1.29 is 9.90 Å². The smallest absolute Gasteiger partial charge is 0.321 e. The number of aryl methyl sites for hydroxylation is 1. The Labute approximate surface area is 241 Å². The Hall–Kier alpha value is -3.65. The standard InChI is InChI=1S/C32H36ClN5O2/c1-26-7-5-10-28(19-26)21-37(22-29-11-6-12-30(33)20-29)31(39)36-17-14-32(40,23-35-18-15-34-24-35)38(25-36)16-13-27-8-3-2-4-9-27/h2-12,15,18-20,24,40H,13-14,16-17,21-23,25H2,1H3. The summed E-state index contributed by atoms with van der Waals surface area (Å²) < 4.78 is 1.90. The number of nitrogens with zero attached hydrogens (tertiary/aromatic N) is 5. The van der Waals surface area contributed by atoms with Crippen LogP contribution in [-0.2, 0) is 26.1 Å². The summed E-state index contributed by atoms with van der Waals surface area (Å²) >= 11 is 6.28. The average molecular weight is 558 g/mol. The van der Waals surface area contributed by atoms with E-state index in [2.05, 4.69) is 42.2 Å². The van der Waals surface area contributed by atoms with Gasteiger partial charge in [0.1, 0.15) is 5.72 Å². The Bertz CT molecular complexity index is 1350. The summed E-state index contributed by atoms with van der Waals surface area (Å²) in [5, 5.41) is 12.5. The third kappa shape index (κ3) is 7.10. The number of halogens is 1. The van der Waals surface area contributed by atoms with E-state index in [0.717, 1.165) is 23.1 Å². The topological polar surface area (TPSA) is 64.8 Å². The normalized spacial score (nSPS) is 17.6. The molecule has 0 saturated carbocycles. The van der Waals surface area contributed by atoms with Gasteiger partial charge in [0.15, 0.2) is 0 Å². The number of hydrogen-bond donors (Lipinski definition) is 1. The van der Waals surface area contributed by atoms with Gasteiger partial charge < -0.3 is 19.5 Å². The lowest BCUT2D eigenvalue weighted by Crippen LogP contribution is -2.63. The maximum Gasteiger partial charge on any atom is 0.321 e. The molecule has 1 unspecified atom stereocenters. The first-order valence-electron chi connectivity index (χ1n) is 13.7. The molecule has 1 saturated heterocycles. The number of rotatable bonds is 9. The fourth-order valence-corrected chi connectivity index (χ4v) is 5.57. The number of imidazole rings is 1. The molecule has 2 amide bonds. The molecule has 208 valence electrons. The quantitative estimate of drug-likeness (QED) is 0.292. The molecule has 40 heavy (non-hydrogen) atoms. The van der Waals surface area contributed by atoms with Gasteiger partial charge in [-0.15, -0.1) is 0 Å². The van der Waals surface area contributed by atoms with Crippen molar-refractivity contribution in [1.82, 2.24) is 24.3 Å². The van der Waals surface area contributed by atoms with Crippen LogP contribution in [0.25, 0.3) is 0 Å². The lowest BCUT2D eigenvalue weighted by molar-refractivity contribution is -0.165. The van der Waals surface area contributed by atoms with Crippen LogP contribution in [0.1, 0.15) is 28.7 Å². The molecule has 0 radical (unpaired) electrons. The van der Waals surface area contributed by atoms with E-state index in [-0.39, 0.29) is 6.03 Å². The number of aromatic nitrogens is 2. The molecule has 5 rings (SSSR count). The maximum absolute atomic E-state index is 14.1. The van der Waals surface area contributed by atoms with Crippen LogP contribution in [0.5, 0.6) is 0 Å². The van der Waals surface area contributed by atoms with Gasteiger partial charge in [-0.1, -0.05) is 83.9 Å². The zero-order chi connectivity index (χ0) is 28.0. The Morgan fingerprint density at radius 3 is 2.42 bits per heavy atom. The van der Waals surface area contributed by atoms with Crippen molar-refractivity contribution in [2.24, 2.45) is 0 Å². The molecule has 2 heterocycles. The number of carbonyl (C=O) groups excluding carboxylic acids is 1. The average Bonchev–Trinajstić information content (AvgIpc) is 3.45. The number of aliphatic hydroxyl groups is 1. The maximum atomic E-state index is 14.1. The first-order valence-corrected chi connectivity index (χ1v) is 14.1. The van der Waals surface area contributed by atoms with Crippen molar-refractivity contribution in [3.05, 3.63) is 125 Å². The molecule has 7 nitrogen and oxygen atoms in total. The van der Waals surface area contributed by atoms with E-state index in [9.17, 15) is 9.90 Å². The number of hydrogen-bond acceptors (Lipinski definition) is 4. The summed E-state index contributed by atoms with van der Waals surface area (Å²) in [6.45, 7) is 4.76. The molecule has 8 heteroatoms. The minimum absolute atomic E-state index is 0.0594. The third-order valence-corrected chi connectivity index (χ3v) is 7.71. The Morgan fingerprint density at radius 2 is 1.73 bits per heavy atom. The van der Waals surface area contributed by atoms with E-state index < -0.39 is 5.72 Å². The monoisotopic (exact) mass is 557 g/mol. The Balaban J connectivity index is 1.37. The number of carbonyl (C=O) groups is 1. The van der Waals surface area contributed by atoms with Gasteiger partial charge in [0, 0.05) is 50.0 Å². The summed E-state index contributed by atoms with van der Waals surface area (Å²) in [5.74, 6) is 0. The molecule has 1 aromatic heterocycles. The van der Waals surface area contributed by atoms with E-state index in [1.54, 1.807) is 12.5 Å². The van der Waals surface area contributed by atoms with Crippen LogP contribution in [0, 0.1) is 6.92 Å². The second-order valence-electron chi connectivity index (χ2n) is 10.6. The number of urea groups is 1. The van der Waals surface area contributed by atoms with Gasteiger partial charge in [-0.25, -0.2) is 9.78 Å². The Kier molecular flexibility index (Phi) is 8.85. The summed E-state index contributed by atoms with van der Waals surface area (Å²) in [4.78, 5) is 24.0. The largest absolute Gasteiger partial charge is 0.374 e. The van der Waals surface area contributed by atoms with Crippen molar-refractivity contribution in [2.75, 3.05) is 19.8 Å². The molecular formula is C32H36ClN5O2. The van der Waals surface area contributed by atoms with E-state index in [1.807, 2.05) is 74.0 Å². The van der Waals surface area contributed by atoms with Crippen LogP contribution >= 0.6 is 11.6 Å². The fraction of sp³-hybridized carbons (Fsp3) is 0.312. The van der Waals surface area contributed by atoms with E-state index in [4.69, 9.17) is 11.6 Å². The van der Waals surface area contributed by atoms with Gasteiger partial charge in [0.25, 0.3) is 0 Å². The van der Waals surface area contributed by atoms with Gasteiger partial charge in [-0.05, 0) is 42.2 Å². The lowest BCUT2D eigenvalue weighted by atomic mass is 10.0. The van der Waals surface area contributed by atoms with E-state index >= 15 is 0 Å². The highest BCUT2D eigenvalue weighted by Gasteiger charge is 2.41. The first kappa shape index (κ1) is 27.9. The molecule has 1 atom stereocenters. The van der Waals surface area contributed by atoms with Crippen LogP contribution in [-0.4, -0.2) is 60.9 Å². The van der Waals surface area contributed by atoms with Gasteiger partial charge >= 0.3 is 6.03 Å². The molecule has 1 aliphatic heterocycles. The van der Waals surface area contributed by atoms with Crippen molar-refractivity contribution in [3.8, 4) is 0 Å². The fourth-order valence-electron chi connectivity index (χ4n) is 5.35. The summed E-state index contributed by atoms with van der Waals surface area (Å²) in [6, 6.07) is 26.1. The zero-order valence-electron chi connectivity index (χ0n) is 22.9. The number of amides is 2. The predicted octanol–water partition coefficient (Wildman–Crippen LogP) is 5.56. The van der Waals surface area contributed by atoms with E-state index in [1.165, 1.54) is 5.56 Å². The van der Waals surface area contributed by atoms with Gasteiger partial charge in [-0.2, -0.15) is 0 Å². The SMILES string of the molecule is Cc1cccc(CN(Cc2cccc(Cl)c2)C(=O)N2CCC(O)(Cn3ccnc3)N(CCc3ccccc3)C2)c1. The predicted molar refractivity (Wildman–Crippen MR) is 157 cm³/mol. The van der Waals surface area contributed by atoms with Crippen molar-refractivity contribution in [2.45, 2.75) is 45.1 Å². The highest BCUT2D eigenvalue weighted by atomic mass is 35.5. The second kappa shape index (κ2) is 12.7. The van der Waals surface area contributed by atoms with Gasteiger partial charge in [0.05, 0.1) is 19.5 Å². The van der Waals surface area contributed by atoms with E-state index in [0.29, 0.717) is 50.8 Å². The van der Waals surface area contributed by atoms with Crippen molar-refractivity contribution in [1.29, 1.82) is 0 Å². The summed E-state index contributed by atoms with van der Waals surface area (Å²) in [6.07, 6.45) is 6.50. The highest BCUT2D eigenvalue weighted by molar-refractivity contribution is 6.30. The zero-order valence-corrected chi connectivity index (χ0v) is 23.6. The molecule has 4 aromatic rings. The van der Waals surface area contributed by atoms with Crippen LogP contribution in [0.2, 0.25) is 5.02 Å². The van der Waals surface area contributed by atoms with Crippen LogP contribution in [0.15, 0.2) is 97.6 Å². The van der Waals surface area contributed by atoms with Crippen molar-refractivity contribution in [3.63, 3.8) is 0 Å². The molecule has 0 aliphatic carbocycles. The summed E-state index contributed by atoms with van der Waals surface area (Å²) in [5.41, 5.74) is 3.30. The molecule has 0 bridgehead atoms. The van der Waals surface area contributed by atoms with Crippen LogP contribution in [0.3, 0.4) is 0 Å². The summed E-state index contributed by atoms with van der Waals surface area (Å²) in [7, 11) is 0. The van der Waals surface area contributed by atoms with Gasteiger partial charge in [0.2, 0.25) is 0 Å². The minimum atomic E-state index is -1.10. The molecule has 1 N–H and O–H groups in total. The minimum Gasteiger partial charge on any atom is -0.374 e. The second-order valence-corrected chi connectivity index (χ2v) is 11.1. The van der Waals surface area contributed by atoms with Gasteiger partial charge in [-0.3, -0.25) is 4.90 Å². The molecule has 3 aromatic carbocycles. The molecule has 0 spiro atoms. The first-order chi connectivity index (χ1) is 19.4. The van der Waals surface area contributed by atoms with Crippen LogP contribution < -0.4 is 0 Å². The molecular weight excluding hydrogens is 522 g/mol.